The zero-order chi connectivity index (χ0) is 16.6. The normalized spacial score (nSPS) is 23.0. The Kier molecular flexibility index (Phi) is 4.28. The number of fused-ring (bicyclic) bond motifs is 1. The van der Waals surface area contributed by atoms with Crippen molar-refractivity contribution in [3.63, 3.8) is 0 Å². The zero-order valence-corrected chi connectivity index (χ0v) is 13.7. The van der Waals surface area contributed by atoms with E-state index < -0.39 is 5.97 Å². The number of carbonyl (C=O) groups excluding carboxylic acids is 1. The molecule has 1 amide bonds. The molecule has 0 aromatic heterocycles. The molecule has 1 saturated carbocycles. The minimum Gasteiger partial charge on any atom is -0.481 e. The van der Waals surface area contributed by atoms with Gasteiger partial charge in [-0.1, -0.05) is 6.42 Å². The summed E-state index contributed by atoms with van der Waals surface area (Å²) in [5.41, 5.74) is 2.27. The Morgan fingerprint density at radius 3 is 2.26 bits per heavy atom. The van der Waals surface area contributed by atoms with Gasteiger partial charge in [-0.25, -0.2) is 4.79 Å². The number of carboxylic acid groups (broad SMARTS) is 1. The molecule has 2 unspecified atom stereocenters. The molecule has 5 heteroatoms. The van der Waals surface area contributed by atoms with Crippen LogP contribution < -0.4 is 4.74 Å². The first-order valence-corrected chi connectivity index (χ1v) is 8.21. The second-order valence-electron chi connectivity index (χ2n) is 6.78. The molecule has 23 heavy (non-hydrogen) atoms. The number of likely N-dealkylation sites (tertiary alicyclic amines) is 1. The van der Waals surface area contributed by atoms with Crippen molar-refractivity contribution in [2.24, 2.45) is 11.8 Å². The van der Waals surface area contributed by atoms with Crippen molar-refractivity contribution in [2.45, 2.75) is 33.1 Å². The highest BCUT2D eigenvalue weighted by Gasteiger charge is 2.38. The van der Waals surface area contributed by atoms with Crippen LogP contribution in [-0.4, -0.2) is 41.6 Å². The Balaban J connectivity index is 1.75. The summed E-state index contributed by atoms with van der Waals surface area (Å²) in [4.78, 5) is 25.4. The average molecular weight is 317 g/mol. The quantitative estimate of drug-likeness (QED) is 0.927. The molecule has 1 saturated heterocycles. The molecule has 1 N–H and O–H groups in total. The van der Waals surface area contributed by atoms with Crippen LogP contribution in [0.5, 0.6) is 5.75 Å². The van der Waals surface area contributed by atoms with Crippen molar-refractivity contribution in [1.82, 2.24) is 4.90 Å². The van der Waals surface area contributed by atoms with Crippen LogP contribution in [-0.2, 0) is 4.79 Å². The van der Waals surface area contributed by atoms with Gasteiger partial charge in [0.15, 0.2) is 6.61 Å². The molecule has 1 aliphatic heterocycles. The first-order chi connectivity index (χ1) is 11.0. The molecule has 0 bridgehead atoms. The number of rotatable bonds is 4. The lowest BCUT2D eigenvalue weighted by molar-refractivity contribution is -0.139. The van der Waals surface area contributed by atoms with Gasteiger partial charge in [0.1, 0.15) is 5.75 Å². The summed E-state index contributed by atoms with van der Waals surface area (Å²) in [5, 5.41) is 8.74. The molecule has 1 aliphatic carbocycles. The van der Waals surface area contributed by atoms with Crippen molar-refractivity contribution in [2.75, 3.05) is 19.7 Å². The molecule has 2 aliphatic rings. The lowest BCUT2D eigenvalue weighted by Crippen LogP contribution is -2.29. The molecule has 2 fully saturated rings. The van der Waals surface area contributed by atoms with Crippen LogP contribution >= 0.6 is 0 Å². The van der Waals surface area contributed by atoms with Crippen molar-refractivity contribution in [1.29, 1.82) is 0 Å². The molecule has 124 valence electrons. The van der Waals surface area contributed by atoms with Crippen LogP contribution in [0.25, 0.3) is 0 Å². The highest BCUT2D eigenvalue weighted by atomic mass is 16.5. The van der Waals surface area contributed by atoms with E-state index in [0.717, 1.165) is 24.2 Å². The number of carbonyl (C=O) groups is 2. The number of carboxylic acids is 1. The molecule has 1 aromatic carbocycles. The van der Waals surface area contributed by atoms with Crippen LogP contribution in [0.1, 0.15) is 40.7 Å². The number of amides is 1. The standard InChI is InChI=1S/C18H23NO4/c1-11-6-15(7-12(2)17(11)23-10-16(20)21)18(22)19-8-13-4-3-5-14(13)9-19/h6-7,13-14H,3-5,8-10H2,1-2H3,(H,20,21). The van der Waals surface area contributed by atoms with Crippen LogP contribution in [0, 0.1) is 25.7 Å². The smallest absolute Gasteiger partial charge is 0.341 e. The fourth-order valence-electron chi connectivity index (χ4n) is 4.02. The number of benzene rings is 1. The van der Waals surface area contributed by atoms with E-state index in [1.807, 2.05) is 18.7 Å². The van der Waals surface area contributed by atoms with Crippen molar-refractivity contribution < 1.29 is 19.4 Å². The van der Waals surface area contributed by atoms with Crippen LogP contribution in [0.3, 0.4) is 0 Å². The molecule has 1 aromatic rings. The number of aryl methyl sites for hydroxylation is 2. The number of ether oxygens (including phenoxy) is 1. The highest BCUT2D eigenvalue weighted by Crippen LogP contribution is 2.38. The van der Waals surface area contributed by atoms with Crippen LogP contribution in [0.15, 0.2) is 12.1 Å². The van der Waals surface area contributed by atoms with E-state index in [9.17, 15) is 9.59 Å². The minimum absolute atomic E-state index is 0.0791. The topological polar surface area (TPSA) is 66.8 Å². The third-order valence-electron chi connectivity index (χ3n) is 5.06. The number of aliphatic carboxylic acids is 1. The van der Waals surface area contributed by atoms with Gasteiger partial charge in [-0.2, -0.15) is 0 Å². The van der Waals surface area contributed by atoms with Gasteiger partial charge in [0, 0.05) is 18.7 Å². The maximum Gasteiger partial charge on any atom is 0.341 e. The Bertz CT molecular complexity index is 605. The summed E-state index contributed by atoms with van der Waals surface area (Å²) < 4.78 is 5.33. The monoisotopic (exact) mass is 317 g/mol. The Morgan fingerprint density at radius 2 is 1.74 bits per heavy atom. The van der Waals surface area contributed by atoms with E-state index in [-0.39, 0.29) is 12.5 Å². The summed E-state index contributed by atoms with van der Waals surface area (Å²) in [5.74, 6) is 0.990. The van der Waals surface area contributed by atoms with Gasteiger partial charge >= 0.3 is 5.97 Å². The van der Waals surface area contributed by atoms with Gasteiger partial charge in [-0.15, -0.1) is 0 Å². The van der Waals surface area contributed by atoms with Crippen molar-refractivity contribution >= 4 is 11.9 Å². The van der Waals surface area contributed by atoms with Crippen molar-refractivity contribution in [3.05, 3.63) is 28.8 Å². The second kappa shape index (κ2) is 6.22. The molecular formula is C18H23NO4. The first kappa shape index (κ1) is 15.8. The highest BCUT2D eigenvalue weighted by molar-refractivity contribution is 5.95. The fourth-order valence-corrected chi connectivity index (χ4v) is 4.02. The molecule has 0 spiro atoms. The van der Waals surface area contributed by atoms with Gasteiger partial charge < -0.3 is 14.7 Å². The Labute approximate surface area is 136 Å². The van der Waals surface area contributed by atoms with E-state index in [4.69, 9.17) is 9.84 Å². The summed E-state index contributed by atoms with van der Waals surface area (Å²) in [6, 6.07) is 3.61. The molecule has 5 nitrogen and oxygen atoms in total. The fraction of sp³-hybridized carbons (Fsp3) is 0.556. The third-order valence-corrected chi connectivity index (χ3v) is 5.06. The van der Waals surface area contributed by atoms with Gasteiger partial charge in [-0.3, -0.25) is 4.79 Å². The molecular weight excluding hydrogens is 294 g/mol. The summed E-state index contributed by atoms with van der Waals surface area (Å²) >= 11 is 0. The second-order valence-corrected chi connectivity index (χ2v) is 6.78. The van der Waals surface area contributed by atoms with Crippen molar-refractivity contribution in [3.8, 4) is 5.75 Å². The zero-order valence-electron chi connectivity index (χ0n) is 13.7. The number of hydrogen-bond donors (Lipinski definition) is 1. The minimum atomic E-state index is -1.01. The van der Waals surface area contributed by atoms with E-state index in [2.05, 4.69) is 0 Å². The van der Waals surface area contributed by atoms with Gasteiger partial charge in [0.25, 0.3) is 5.91 Å². The van der Waals surface area contributed by atoms with Crippen LogP contribution in [0.2, 0.25) is 0 Å². The van der Waals surface area contributed by atoms with Gasteiger partial charge in [-0.05, 0) is 61.8 Å². The molecule has 3 rings (SSSR count). The third kappa shape index (κ3) is 3.19. The van der Waals surface area contributed by atoms with Crippen LogP contribution in [0.4, 0.5) is 0 Å². The number of hydrogen-bond acceptors (Lipinski definition) is 3. The predicted molar refractivity (Wildman–Crippen MR) is 85.8 cm³/mol. The largest absolute Gasteiger partial charge is 0.481 e. The summed E-state index contributed by atoms with van der Waals surface area (Å²) in [7, 11) is 0. The number of nitrogens with zero attached hydrogens (tertiary/aromatic N) is 1. The average Bonchev–Trinajstić information content (AvgIpc) is 3.06. The lowest BCUT2D eigenvalue weighted by atomic mass is 10.0. The lowest BCUT2D eigenvalue weighted by Gasteiger charge is -2.19. The van der Waals surface area contributed by atoms with E-state index in [0.29, 0.717) is 23.1 Å². The van der Waals surface area contributed by atoms with E-state index in [1.165, 1.54) is 19.3 Å². The molecule has 0 radical (unpaired) electrons. The van der Waals surface area contributed by atoms with Gasteiger partial charge in [0.05, 0.1) is 0 Å². The molecule has 2 atom stereocenters. The van der Waals surface area contributed by atoms with Gasteiger partial charge in [0.2, 0.25) is 0 Å². The van der Waals surface area contributed by atoms with E-state index >= 15 is 0 Å². The first-order valence-electron chi connectivity index (χ1n) is 8.21. The maximum atomic E-state index is 12.8. The maximum absolute atomic E-state index is 12.8. The predicted octanol–water partition coefficient (Wildman–Crippen LogP) is 2.64. The summed E-state index contributed by atoms with van der Waals surface area (Å²) in [6.07, 6.45) is 3.79. The summed E-state index contributed by atoms with van der Waals surface area (Å²) in [6.45, 7) is 5.07. The Hall–Kier alpha value is -2.04. The van der Waals surface area contributed by atoms with E-state index in [1.54, 1.807) is 12.1 Å². The SMILES string of the molecule is Cc1cc(C(=O)N2CC3CCCC3C2)cc(C)c1OCC(=O)O. The Morgan fingerprint density at radius 1 is 1.17 bits per heavy atom. The molecule has 1 heterocycles.